The molecule has 2 nitrogen and oxygen atoms in total. The number of hydrogen-bond donors (Lipinski definition) is 2. The SMILES string of the molecule is CSCCCNc1cc(C)c(O)cc1C. The van der Waals surface area contributed by atoms with Crippen molar-refractivity contribution in [2.45, 2.75) is 20.3 Å². The number of hydrogen-bond acceptors (Lipinski definition) is 3. The van der Waals surface area contributed by atoms with Gasteiger partial charge in [-0.15, -0.1) is 0 Å². The van der Waals surface area contributed by atoms with E-state index in [1.165, 1.54) is 12.2 Å². The van der Waals surface area contributed by atoms with Crippen molar-refractivity contribution >= 4 is 17.4 Å². The van der Waals surface area contributed by atoms with Crippen molar-refractivity contribution in [3.8, 4) is 5.75 Å². The Balaban J connectivity index is 2.57. The number of phenolic OH excluding ortho intramolecular Hbond substituents is 1. The van der Waals surface area contributed by atoms with Gasteiger partial charge in [-0.25, -0.2) is 0 Å². The van der Waals surface area contributed by atoms with Gasteiger partial charge in [0, 0.05) is 12.2 Å². The zero-order valence-electron chi connectivity index (χ0n) is 9.63. The maximum Gasteiger partial charge on any atom is 0.118 e. The van der Waals surface area contributed by atoms with Gasteiger partial charge in [0.25, 0.3) is 0 Å². The summed E-state index contributed by atoms with van der Waals surface area (Å²) in [6.07, 6.45) is 3.29. The molecule has 0 aliphatic rings. The third-order valence-corrected chi connectivity index (χ3v) is 3.08. The van der Waals surface area contributed by atoms with Crippen LogP contribution in [0.5, 0.6) is 5.75 Å². The Bertz CT molecular complexity index is 326. The van der Waals surface area contributed by atoms with Crippen LogP contribution in [0.25, 0.3) is 0 Å². The van der Waals surface area contributed by atoms with Crippen molar-refractivity contribution in [2.75, 3.05) is 23.9 Å². The minimum atomic E-state index is 0.377. The van der Waals surface area contributed by atoms with E-state index < -0.39 is 0 Å². The van der Waals surface area contributed by atoms with Crippen LogP contribution in [0, 0.1) is 13.8 Å². The van der Waals surface area contributed by atoms with Crippen molar-refractivity contribution in [3.63, 3.8) is 0 Å². The van der Waals surface area contributed by atoms with Crippen molar-refractivity contribution in [1.29, 1.82) is 0 Å². The van der Waals surface area contributed by atoms with Gasteiger partial charge >= 0.3 is 0 Å². The molecule has 15 heavy (non-hydrogen) atoms. The van der Waals surface area contributed by atoms with Crippen molar-refractivity contribution < 1.29 is 5.11 Å². The van der Waals surface area contributed by atoms with Gasteiger partial charge in [-0.3, -0.25) is 0 Å². The first kappa shape index (κ1) is 12.2. The van der Waals surface area contributed by atoms with Crippen LogP contribution in [0.1, 0.15) is 17.5 Å². The highest BCUT2D eigenvalue weighted by Gasteiger charge is 2.02. The summed E-state index contributed by atoms with van der Waals surface area (Å²) >= 11 is 1.87. The van der Waals surface area contributed by atoms with Crippen molar-refractivity contribution in [1.82, 2.24) is 0 Å². The lowest BCUT2D eigenvalue weighted by molar-refractivity contribution is 0.471. The average Bonchev–Trinajstić information content (AvgIpc) is 2.20. The summed E-state index contributed by atoms with van der Waals surface area (Å²) in [7, 11) is 0. The Kier molecular flexibility index (Phi) is 4.82. The lowest BCUT2D eigenvalue weighted by Crippen LogP contribution is -2.04. The van der Waals surface area contributed by atoms with Gasteiger partial charge in [0.2, 0.25) is 0 Å². The molecule has 0 radical (unpaired) electrons. The molecule has 84 valence electrons. The van der Waals surface area contributed by atoms with Gasteiger partial charge in [0.05, 0.1) is 0 Å². The van der Waals surface area contributed by atoms with E-state index in [9.17, 15) is 5.11 Å². The molecule has 1 aromatic carbocycles. The number of thioether (sulfide) groups is 1. The van der Waals surface area contributed by atoms with Crippen LogP contribution in [-0.2, 0) is 0 Å². The van der Waals surface area contributed by atoms with Crippen LogP contribution in [0.2, 0.25) is 0 Å². The summed E-state index contributed by atoms with van der Waals surface area (Å²) in [5.74, 6) is 1.56. The second-order valence-electron chi connectivity index (χ2n) is 3.73. The summed E-state index contributed by atoms with van der Waals surface area (Å²) in [5, 5.41) is 12.9. The smallest absolute Gasteiger partial charge is 0.118 e. The van der Waals surface area contributed by atoms with E-state index in [2.05, 4.69) is 11.6 Å². The van der Waals surface area contributed by atoms with Gasteiger partial charge in [-0.05, 0) is 55.5 Å². The maximum atomic E-state index is 9.50. The molecule has 0 saturated carbocycles. The summed E-state index contributed by atoms with van der Waals surface area (Å²) in [6.45, 7) is 4.92. The first-order chi connectivity index (χ1) is 7.15. The number of rotatable bonds is 5. The number of phenols is 1. The van der Waals surface area contributed by atoms with E-state index in [4.69, 9.17) is 0 Å². The molecule has 0 aliphatic heterocycles. The first-order valence-corrected chi connectivity index (χ1v) is 6.57. The zero-order chi connectivity index (χ0) is 11.3. The molecular weight excluding hydrogens is 206 g/mol. The Morgan fingerprint density at radius 3 is 2.67 bits per heavy atom. The van der Waals surface area contributed by atoms with E-state index in [1.54, 1.807) is 0 Å². The summed E-state index contributed by atoms with van der Waals surface area (Å²) in [6, 6.07) is 3.82. The molecule has 3 heteroatoms. The molecular formula is C12H19NOS. The summed E-state index contributed by atoms with van der Waals surface area (Å²) < 4.78 is 0. The Hall–Kier alpha value is -0.830. The zero-order valence-corrected chi connectivity index (χ0v) is 10.4. The fourth-order valence-corrected chi connectivity index (χ4v) is 1.86. The van der Waals surface area contributed by atoms with Gasteiger partial charge < -0.3 is 10.4 Å². The predicted molar refractivity (Wildman–Crippen MR) is 69.1 cm³/mol. The number of aromatic hydroxyl groups is 1. The molecule has 0 atom stereocenters. The Morgan fingerprint density at radius 1 is 1.27 bits per heavy atom. The van der Waals surface area contributed by atoms with Crippen LogP contribution in [0.15, 0.2) is 12.1 Å². The third-order valence-electron chi connectivity index (χ3n) is 2.38. The quantitative estimate of drug-likeness (QED) is 0.596. The second-order valence-corrected chi connectivity index (χ2v) is 4.71. The number of benzene rings is 1. The highest BCUT2D eigenvalue weighted by molar-refractivity contribution is 7.98. The molecule has 0 spiro atoms. The molecule has 0 heterocycles. The summed E-state index contributed by atoms with van der Waals surface area (Å²) in [5.41, 5.74) is 3.15. The van der Waals surface area contributed by atoms with Crippen LogP contribution in [-0.4, -0.2) is 23.7 Å². The van der Waals surface area contributed by atoms with Crippen molar-refractivity contribution in [3.05, 3.63) is 23.3 Å². The van der Waals surface area contributed by atoms with Crippen LogP contribution < -0.4 is 5.32 Å². The largest absolute Gasteiger partial charge is 0.508 e. The lowest BCUT2D eigenvalue weighted by atomic mass is 10.1. The van der Waals surface area contributed by atoms with Gasteiger partial charge in [-0.1, -0.05) is 0 Å². The molecule has 2 N–H and O–H groups in total. The van der Waals surface area contributed by atoms with Gasteiger partial charge in [0.1, 0.15) is 5.75 Å². The van der Waals surface area contributed by atoms with Crippen LogP contribution in [0.4, 0.5) is 5.69 Å². The van der Waals surface area contributed by atoms with Gasteiger partial charge in [-0.2, -0.15) is 11.8 Å². The molecule has 1 rings (SSSR count). The van der Waals surface area contributed by atoms with Crippen LogP contribution in [0.3, 0.4) is 0 Å². The molecule has 1 aromatic rings. The minimum Gasteiger partial charge on any atom is -0.508 e. The molecule has 0 unspecified atom stereocenters. The van der Waals surface area contributed by atoms with Crippen molar-refractivity contribution in [2.24, 2.45) is 0 Å². The lowest BCUT2D eigenvalue weighted by Gasteiger charge is -2.11. The predicted octanol–water partition coefficient (Wildman–Crippen LogP) is 3.17. The van der Waals surface area contributed by atoms with Gasteiger partial charge in [0.15, 0.2) is 0 Å². The summed E-state index contributed by atoms with van der Waals surface area (Å²) in [4.78, 5) is 0. The van der Waals surface area contributed by atoms with E-state index >= 15 is 0 Å². The maximum absolute atomic E-state index is 9.50. The first-order valence-electron chi connectivity index (χ1n) is 5.18. The Morgan fingerprint density at radius 2 is 2.00 bits per heavy atom. The normalized spacial score (nSPS) is 10.3. The molecule has 0 saturated heterocycles. The standard InChI is InChI=1S/C12H19NOS/c1-9-8-12(14)10(2)7-11(9)13-5-4-6-15-3/h7-8,13-14H,4-6H2,1-3H3. The van der Waals surface area contributed by atoms with E-state index in [0.717, 1.165) is 23.4 Å². The van der Waals surface area contributed by atoms with E-state index in [0.29, 0.717) is 5.75 Å². The number of aryl methyl sites for hydroxylation is 2. The second kappa shape index (κ2) is 5.91. The highest BCUT2D eigenvalue weighted by Crippen LogP contribution is 2.24. The monoisotopic (exact) mass is 225 g/mol. The molecule has 0 amide bonds. The average molecular weight is 225 g/mol. The van der Waals surface area contributed by atoms with E-state index in [-0.39, 0.29) is 0 Å². The molecule has 0 aliphatic carbocycles. The molecule has 0 bridgehead atoms. The third kappa shape index (κ3) is 3.67. The highest BCUT2D eigenvalue weighted by atomic mass is 32.2. The van der Waals surface area contributed by atoms with E-state index in [1.807, 2.05) is 37.7 Å². The fraction of sp³-hybridized carbons (Fsp3) is 0.500. The molecule has 0 aromatic heterocycles. The minimum absolute atomic E-state index is 0.377. The van der Waals surface area contributed by atoms with Crippen LogP contribution >= 0.6 is 11.8 Å². The topological polar surface area (TPSA) is 32.3 Å². The fourth-order valence-electron chi connectivity index (χ4n) is 1.43. The molecule has 0 fully saturated rings. The number of nitrogens with one attached hydrogen (secondary N) is 1. The Labute approximate surface area is 96.1 Å². The number of anilines is 1.